The number of benzene rings is 3. The van der Waals surface area contributed by atoms with Crippen LogP contribution in [0, 0.1) is 17.1 Å². The summed E-state index contributed by atoms with van der Waals surface area (Å²) in [6.07, 6.45) is 0. The molecule has 3 aromatic rings. The van der Waals surface area contributed by atoms with Crippen molar-refractivity contribution in [1.82, 2.24) is 0 Å². The fraction of sp³-hybridized carbons (Fsp3) is 0.143. The first kappa shape index (κ1) is 23.6. The molecule has 0 aromatic heterocycles. The van der Waals surface area contributed by atoms with Gasteiger partial charge in [-0.15, -0.1) is 0 Å². The summed E-state index contributed by atoms with van der Waals surface area (Å²) >= 11 is 0. The Balaban J connectivity index is 1.70. The molecule has 4 rings (SSSR count). The maximum absolute atomic E-state index is 13.1. The number of rotatable bonds is 7. The first-order valence-electron chi connectivity index (χ1n) is 11.0. The Kier molecular flexibility index (Phi) is 7.12. The molecular formula is C28H23FN2O4. The van der Waals surface area contributed by atoms with Crippen molar-refractivity contribution in [3.63, 3.8) is 0 Å². The van der Waals surface area contributed by atoms with E-state index in [1.807, 2.05) is 18.2 Å². The molecule has 0 fully saturated rings. The molecule has 1 aliphatic rings. The molecule has 0 spiro atoms. The van der Waals surface area contributed by atoms with Crippen LogP contribution in [0.25, 0.3) is 5.76 Å². The lowest BCUT2D eigenvalue weighted by atomic mass is 9.82. The monoisotopic (exact) mass is 470 g/mol. The smallest absolute Gasteiger partial charge is 0.338 e. The zero-order valence-corrected chi connectivity index (χ0v) is 19.0. The number of carbonyl (C=O) groups is 1. The lowest BCUT2D eigenvalue weighted by molar-refractivity contribution is -0.138. The minimum Gasteiger partial charge on any atom is -0.489 e. The highest BCUT2D eigenvalue weighted by Crippen LogP contribution is 2.43. The topological polar surface area (TPSA) is 94.6 Å². The highest BCUT2D eigenvalue weighted by molar-refractivity contribution is 5.99. The van der Waals surface area contributed by atoms with Gasteiger partial charge >= 0.3 is 5.97 Å². The largest absolute Gasteiger partial charge is 0.489 e. The standard InChI is InChI=1S/C28H23FN2O4/c1-2-33-28(32)25-24(23(16-30)27(31)35-26(25)20-6-4-3-5-7-20)19-10-14-22(15-11-19)34-17-18-8-12-21(29)13-9-18/h3-15,24H,2,17,31H2,1H3. The zero-order valence-electron chi connectivity index (χ0n) is 19.0. The van der Waals surface area contributed by atoms with Gasteiger partial charge in [-0.25, -0.2) is 9.18 Å². The quantitative estimate of drug-likeness (QED) is 0.478. The summed E-state index contributed by atoms with van der Waals surface area (Å²) in [5, 5.41) is 9.87. The maximum atomic E-state index is 13.1. The van der Waals surface area contributed by atoms with Crippen LogP contribution in [0.5, 0.6) is 5.75 Å². The third kappa shape index (κ3) is 5.17. The molecule has 1 aliphatic heterocycles. The van der Waals surface area contributed by atoms with Crippen LogP contribution in [0.15, 0.2) is 95.9 Å². The van der Waals surface area contributed by atoms with E-state index in [-0.39, 0.29) is 41.8 Å². The highest BCUT2D eigenvalue weighted by Gasteiger charge is 2.38. The summed E-state index contributed by atoms with van der Waals surface area (Å²) in [5.41, 5.74) is 8.56. The molecule has 0 amide bonds. The second-order valence-electron chi connectivity index (χ2n) is 7.74. The van der Waals surface area contributed by atoms with Crippen molar-refractivity contribution in [1.29, 1.82) is 5.26 Å². The van der Waals surface area contributed by atoms with Gasteiger partial charge in [0.2, 0.25) is 5.88 Å². The fourth-order valence-corrected chi connectivity index (χ4v) is 3.82. The molecular weight excluding hydrogens is 447 g/mol. The summed E-state index contributed by atoms with van der Waals surface area (Å²) in [6.45, 7) is 2.13. The number of nitriles is 1. The van der Waals surface area contributed by atoms with Gasteiger partial charge in [-0.1, -0.05) is 54.6 Å². The number of ether oxygens (including phenoxy) is 3. The molecule has 0 bridgehead atoms. The van der Waals surface area contributed by atoms with Crippen LogP contribution >= 0.6 is 0 Å². The van der Waals surface area contributed by atoms with E-state index in [2.05, 4.69) is 6.07 Å². The van der Waals surface area contributed by atoms with E-state index < -0.39 is 11.9 Å². The second kappa shape index (κ2) is 10.6. The van der Waals surface area contributed by atoms with Gasteiger partial charge in [-0.2, -0.15) is 5.26 Å². The van der Waals surface area contributed by atoms with E-state index in [0.717, 1.165) is 5.56 Å². The van der Waals surface area contributed by atoms with Gasteiger partial charge < -0.3 is 19.9 Å². The molecule has 1 atom stereocenters. The van der Waals surface area contributed by atoms with Crippen molar-refractivity contribution in [3.05, 3.63) is 118 Å². The van der Waals surface area contributed by atoms with Crippen molar-refractivity contribution in [2.75, 3.05) is 6.61 Å². The van der Waals surface area contributed by atoms with E-state index in [9.17, 15) is 14.4 Å². The van der Waals surface area contributed by atoms with Gasteiger partial charge in [-0.3, -0.25) is 0 Å². The predicted molar refractivity (Wildman–Crippen MR) is 128 cm³/mol. The summed E-state index contributed by atoms with van der Waals surface area (Å²) < 4.78 is 30.0. The number of allylic oxidation sites excluding steroid dienone is 1. The number of hydrogen-bond donors (Lipinski definition) is 1. The van der Waals surface area contributed by atoms with E-state index in [4.69, 9.17) is 19.9 Å². The van der Waals surface area contributed by atoms with E-state index in [1.165, 1.54) is 12.1 Å². The van der Waals surface area contributed by atoms with Crippen LogP contribution in [0.4, 0.5) is 4.39 Å². The number of halogens is 1. The summed E-state index contributed by atoms with van der Waals surface area (Å²) in [7, 11) is 0. The van der Waals surface area contributed by atoms with E-state index in [1.54, 1.807) is 55.5 Å². The average molecular weight is 471 g/mol. The number of esters is 1. The van der Waals surface area contributed by atoms with Crippen molar-refractivity contribution < 1.29 is 23.4 Å². The van der Waals surface area contributed by atoms with Gasteiger partial charge in [-0.05, 0) is 42.3 Å². The molecule has 176 valence electrons. The lowest BCUT2D eigenvalue weighted by Gasteiger charge is -2.28. The minimum atomic E-state index is -0.783. The molecule has 2 N–H and O–H groups in total. The maximum Gasteiger partial charge on any atom is 0.338 e. The van der Waals surface area contributed by atoms with Crippen molar-refractivity contribution in [2.45, 2.75) is 19.4 Å². The first-order valence-corrected chi connectivity index (χ1v) is 11.0. The van der Waals surface area contributed by atoms with Gasteiger partial charge in [0.05, 0.1) is 18.1 Å². The number of carbonyl (C=O) groups excluding carboxylic acids is 1. The molecule has 3 aromatic carbocycles. The minimum absolute atomic E-state index is 0.0685. The van der Waals surface area contributed by atoms with Gasteiger partial charge in [0.1, 0.15) is 35.6 Å². The molecule has 6 nitrogen and oxygen atoms in total. The van der Waals surface area contributed by atoms with Crippen molar-refractivity contribution >= 4 is 11.7 Å². The molecule has 0 saturated carbocycles. The van der Waals surface area contributed by atoms with Crippen LogP contribution in [0.2, 0.25) is 0 Å². The van der Waals surface area contributed by atoms with E-state index >= 15 is 0 Å². The number of nitrogens with two attached hydrogens (primary N) is 1. The second-order valence-corrected chi connectivity index (χ2v) is 7.74. The predicted octanol–water partition coefficient (Wildman–Crippen LogP) is 5.19. The SMILES string of the molecule is CCOC(=O)C1=C(c2ccccc2)OC(N)=C(C#N)C1c1ccc(OCc2ccc(F)cc2)cc1. The Morgan fingerprint density at radius 2 is 1.74 bits per heavy atom. The van der Waals surface area contributed by atoms with E-state index in [0.29, 0.717) is 16.9 Å². The fourth-order valence-electron chi connectivity index (χ4n) is 3.82. The van der Waals surface area contributed by atoms with Gasteiger partial charge in [0.15, 0.2) is 0 Å². The molecule has 35 heavy (non-hydrogen) atoms. The molecule has 1 heterocycles. The Hall–Kier alpha value is -4.57. The Bertz CT molecular complexity index is 1310. The molecule has 0 radical (unpaired) electrons. The lowest BCUT2D eigenvalue weighted by Crippen LogP contribution is -2.25. The Morgan fingerprint density at radius 3 is 2.37 bits per heavy atom. The highest BCUT2D eigenvalue weighted by atomic mass is 19.1. The summed E-state index contributed by atoms with van der Waals surface area (Å²) in [5.74, 6) is -0.924. The Labute approximate surface area is 202 Å². The van der Waals surface area contributed by atoms with Crippen molar-refractivity contribution in [2.24, 2.45) is 5.73 Å². The molecule has 7 heteroatoms. The summed E-state index contributed by atoms with van der Waals surface area (Å²) in [6, 6.07) is 24.2. The van der Waals surface area contributed by atoms with Crippen LogP contribution < -0.4 is 10.5 Å². The third-order valence-electron chi connectivity index (χ3n) is 5.48. The third-order valence-corrected chi connectivity index (χ3v) is 5.48. The summed E-state index contributed by atoms with van der Waals surface area (Å²) in [4.78, 5) is 13.1. The van der Waals surface area contributed by atoms with Crippen LogP contribution in [-0.4, -0.2) is 12.6 Å². The molecule has 0 saturated heterocycles. The molecule has 0 aliphatic carbocycles. The van der Waals surface area contributed by atoms with Crippen LogP contribution in [-0.2, 0) is 20.9 Å². The normalized spacial score (nSPS) is 15.3. The van der Waals surface area contributed by atoms with Crippen LogP contribution in [0.3, 0.4) is 0 Å². The number of nitrogens with zero attached hydrogens (tertiary/aromatic N) is 1. The molecule has 1 unspecified atom stereocenters. The average Bonchev–Trinajstić information content (AvgIpc) is 2.88. The van der Waals surface area contributed by atoms with Crippen LogP contribution in [0.1, 0.15) is 29.5 Å². The van der Waals surface area contributed by atoms with Gasteiger partial charge in [0.25, 0.3) is 0 Å². The zero-order chi connectivity index (χ0) is 24.8. The number of hydrogen-bond acceptors (Lipinski definition) is 6. The first-order chi connectivity index (χ1) is 17.0. The Morgan fingerprint density at radius 1 is 1.06 bits per heavy atom. The van der Waals surface area contributed by atoms with Crippen molar-refractivity contribution in [3.8, 4) is 11.8 Å². The van der Waals surface area contributed by atoms with Gasteiger partial charge in [0, 0.05) is 5.56 Å².